The summed E-state index contributed by atoms with van der Waals surface area (Å²) in [6.45, 7) is -0.179. The highest BCUT2D eigenvalue weighted by molar-refractivity contribution is 5.92. The Morgan fingerprint density at radius 1 is 0.690 bits per heavy atom. The molecular weight excluding hydrogens is 370 g/mol. The first-order valence-corrected chi connectivity index (χ1v) is 9.09. The molecule has 1 N–H and O–H groups in total. The minimum absolute atomic E-state index is 0.259. The van der Waals surface area contributed by atoms with Crippen LogP contribution in [-0.2, 0) is 20.9 Å². The maximum absolute atomic E-state index is 11.9. The Bertz CT molecular complexity index is 911. The molecule has 0 saturated carbocycles. The second-order valence-electron chi connectivity index (χ2n) is 6.11. The first-order chi connectivity index (χ1) is 14.2. The monoisotopic (exact) mass is 391 g/mol. The molecule has 3 rings (SSSR count). The molecule has 148 valence electrons. The number of anilines is 1. The summed E-state index contributed by atoms with van der Waals surface area (Å²) < 4.78 is 15.9. The number of amides is 1. The fourth-order valence-electron chi connectivity index (χ4n) is 2.42. The van der Waals surface area contributed by atoms with Gasteiger partial charge in [0.25, 0.3) is 5.91 Å². The average molecular weight is 391 g/mol. The highest BCUT2D eigenvalue weighted by Crippen LogP contribution is 2.17. The molecule has 29 heavy (non-hydrogen) atoms. The Labute approximate surface area is 169 Å². The number of benzene rings is 3. The van der Waals surface area contributed by atoms with Crippen LogP contribution in [0.25, 0.3) is 0 Å². The molecule has 0 atom stereocenters. The van der Waals surface area contributed by atoms with Crippen LogP contribution in [0, 0.1) is 0 Å². The molecule has 0 aromatic heterocycles. The van der Waals surface area contributed by atoms with Crippen LogP contribution in [0.5, 0.6) is 11.5 Å². The van der Waals surface area contributed by atoms with Gasteiger partial charge in [-0.2, -0.15) is 0 Å². The van der Waals surface area contributed by atoms with Gasteiger partial charge >= 0.3 is 5.97 Å². The van der Waals surface area contributed by atoms with E-state index in [2.05, 4.69) is 5.32 Å². The maximum Gasteiger partial charge on any atom is 0.344 e. The third kappa shape index (κ3) is 7.03. The fraction of sp³-hybridized carbons (Fsp3) is 0.130. The van der Waals surface area contributed by atoms with Crippen LogP contribution in [0.2, 0.25) is 0 Å². The molecule has 0 fully saturated rings. The molecule has 6 nitrogen and oxygen atoms in total. The normalized spacial score (nSPS) is 10.1. The van der Waals surface area contributed by atoms with Crippen LogP contribution in [0.1, 0.15) is 5.56 Å². The SMILES string of the molecule is O=C(COC(=O)COc1ccccc1)Nc1ccc(OCc2ccccc2)cc1. The Hall–Kier alpha value is -3.80. The second-order valence-corrected chi connectivity index (χ2v) is 6.11. The molecule has 0 saturated heterocycles. The lowest BCUT2D eigenvalue weighted by atomic mass is 10.2. The van der Waals surface area contributed by atoms with Crippen molar-refractivity contribution in [2.75, 3.05) is 18.5 Å². The van der Waals surface area contributed by atoms with Gasteiger partial charge < -0.3 is 19.5 Å². The maximum atomic E-state index is 11.9. The number of carbonyl (C=O) groups is 2. The van der Waals surface area contributed by atoms with E-state index in [0.29, 0.717) is 23.8 Å². The second kappa shape index (κ2) is 10.5. The Kier molecular flexibility index (Phi) is 7.23. The zero-order chi connectivity index (χ0) is 20.3. The van der Waals surface area contributed by atoms with Crippen LogP contribution >= 0.6 is 0 Å². The molecule has 0 bridgehead atoms. The van der Waals surface area contributed by atoms with E-state index in [4.69, 9.17) is 14.2 Å². The van der Waals surface area contributed by atoms with Gasteiger partial charge in [-0.05, 0) is 42.0 Å². The number of carbonyl (C=O) groups excluding carboxylic acids is 2. The van der Waals surface area contributed by atoms with Crippen LogP contribution in [0.3, 0.4) is 0 Å². The van der Waals surface area contributed by atoms with Crippen LogP contribution < -0.4 is 14.8 Å². The van der Waals surface area contributed by atoms with Gasteiger partial charge in [0, 0.05) is 5.69 Å². The predicted molar refractivity (Wildman–Crippen MR) is 109 cm³/mol. The van der Waals surface area contributed by atoms with Gasteiger partial charge in [-0.1, -0.05) is 48.5 Å². The Balaban J connectivity index is 1.37. The van der Waals surface area contributed by atoms with Crippen molar-refractivity contribution in [2.45, 2.75) is 6.61 Å². The van der Waals surface area contributed by atoms with Gasteiger partial charge in [0.15, 0.2) is 13.2 Å². The summed E-state index contributed by atoms with van der Waals surface area (Å²) in [5.74, 6) is 0.199. The number of para-hydroxylation sites is 1. The summed E-state index contributed by atoms with van der Waals surface area (Å²) in [5.41, 5.74) is 1.65. The van der Waals surface area contributed by atoms with Crippen molar-refractivity contribution < 1.29 is 23.8 Å². The molecule has 0 aliphatic heterocycles. The predicted octanol–water partition coefficient (Wildman–Crippen LogP) is 3.83. The third-order valence-corrected chi connectivity index (χ3v) is 3.85. The molecule has 1 amide bonds. The number of ether oxygens (including phenoxy) is 3. The minimum Gasteiger partial charge on any atom is -0.489 e. The largest absolute Gasteiger partial charge is 0.489 e. The molecule has 0 aliphatic rings. The molecule has 0 radical (unpaired) electrons. The molecule has 3 aromatic rings. The third-order valence-electron chi connectivity index (χ3n) is 3.85. The number of nitrogens with one attached hydrogen (secondary N) is 1. The summed E-state index contributed by atoms with van der Waals surface area (Å²) in [6, 6.07) is 25.7. The summed E-state index contributed by atoms with van der Waals surface area (Å²) in [7, 11) is 0. The number of rotatable bonds is 9. The zero-order valence-electron chi connectivity index (χ0n) is 15.7. The van der Waals surface area contributed by atoms with Crippen molar-refractivity contribution in [2.24, 2.45) is 0 Å². The summed E-state index contributed by atoms with van der Waals surface area (Å²) in [4.78, 5) is 23.6. The highest BCUT2D eigenvalue weighted by atomic mass is 16.6. The van der Waals surface area contributed by atoms with Gasteiger partial charge in [0.2, 0.25) is 0 Å². The first-order valence-electron chi connectivity index (χ1n) is 9.09. The van der Waals surface area contributed by atoms with Crippen molar-refractivity contribution >= 4 is 17.6 Å². The molecule has 0 aliphatic carbocycles. The lowest BCUT2D eigenvalue weighted by Crippen LogP contribution is -2.23. The van der Waals surface area contributed by atoms with Gasteiger partial charge in [-0.25, -0.2) is 4.79 Å². The van der Waals surface area contributed by atoms with E-state index in [1.54, 1.807) is 48.5 Å². The molecule has 0 unspecified atom stereocenters. The van der Waals surface area contributed by atoms with Gasteiger partial charge in [-0.15, -0.1) is 0 Å². The van der Waals surface area contributed by atoms with Crippen molar-refractivity contribution in [1.29, 1.82) is 0 Å². The number of esters is 1. The van der Waals surface area contributed by atoms with Crippen molar-refractivity contribution in [1.82, 2.24) is 0 Å². The number of hydrogen-bond acceptors (Lipinski definition) is 5. The molecular formula is C23H21NO5. The van der Waals surface area contributed by atoms with E-state index in [0.717, 1.165) is 5.56 Å². The standard InChI is InChI=1S/C23H21NO5/c25-22(16-29-23(26)17-28-20-9-5-2-6-10-20)24-19-11-13-21(14-12-19)27-15-18-7-3-1-4-8-18/h1-14H,15-17H2,(H,24,25). The Morgan fingerprint density at radius 2 is 1.31 bits per heavy atom. The van der Waals surface area contributed by atoms with Crippen molar-refractivity contribution in [3.8, 4) is 11.5 Å². The Morgan fingerprint density at radius 3 is 2.00 bits per heavy atom. The van der Waals surface area contributed by atoms with Crippen molar-refractivity contribution in [3.05, 3.63) is 90.5 Å². The topological polar surface area (TPSA) is 73.9 Å². The lowest BCUT2D eigenvalue weighted by molar-refractivity contribution is -0.149. The van der Waals surface area contributed by atoms with Crippen LogP contribution in [0.15, 0.2) is 84.9 Å². The lowest BCUT2D eigenvalue weighted by Gasteiger charge is -2.09. The van der Waals surface area contributed by atoms with Crippen molar-refractivity contribution in [3.63, 3.8) is 0 Å². The zero-order valence-corrected chi connectivity index (χ0v) is 15.7. The summed E-state index contributed by atoms with van der Waals surface area (Å²) in [5, 5.41) is 2.66. The molecule has 3 aromatic carbocycles. The van der Waals surface area contributed by atoms with E-state index in [9.17, 15) is 9.59 Å². The first kappa shape index (κ1) is 19.9. The highest BCUT2D eigenvalue weighted by Gasteiger charge is 2.09. The smallest absolute Gasteiger partial charge is 0.344 e. The van der Waals surface area contributed by atoms with E-state index < -0.39 is 11.9 Å². The van der Waals surface area contributed by atoms with Gasteiger partial charge in [-0.3, -0.25) is 4.79 Å². The van der Waals surface area contributed by atoms with Gasteiger partial charge in [0.1, 0.15) is 18.1 Å². The molecule has 6 heteroatoms. The summed E-state index contributed by atoms with van der Waals surface area (Å²) >= 11 is 0. The molecule has 0 heterocycles. The average Bonchev–Trinajstić information content (AvgIpc) is 2.77. The van der Waals surface area contributed by atoms with Gasteiger partial charge in [0.05, 0.1) is 0 Å². The van der Waals surface area contributed by atoms with Crippen LogP contribution in [-0.4, -0.2) is 25.1 Å². The van der Waals surface area contributed by atoms with E-state index in [1.807, 2.05) is 36.4 Å². The fourth-order valence-corrected chi connectivity index (χ4v) is 2.42. The van der Waals surface area contributed by atoms with E-state index >= 15 is 0 Å². The van der Waals surface area contributed by atoms with E-state index in [-0.39, 0.29) is 13.2 Å². The van der Waals surface area contributed by atoms with E-state index in [1.165, 1.54) is 0 Å². The number of hydrogen-bond donors (Lipinski definition) is 1. The minimum atomic E-state index is -0.617. The summed E-state index contributed by atoms with van der Waals surface area (Å²) in [6.07, 6.45) is 0. The quantitative estimate of drug-likeness (QED) is 0.561. The molecule has 0 spiro atoms. The van der Waals surface area contributed by atoms with Crippen LogP contribution in [0.4, 0.5) is 5.69 Å².